The van der Waals surface area contributed by atoms with Crippen LogP contribution in [-0.2, 0) is 6.42 Å². The lowest BCUT2D eigenvalue weighted by Crippen LogP contribution is -2.06. The Bertz CT molecular complexity index is 2920. The summed E-state index contributed by atoms with van der Waals surface area (Å²) in [6.07, 6.45) is 7.75. The number of thiophene rings is 1. The van der Waals surface area contributed by atoms with Gasteiger partial charge in [0.2, 0.25) is 0 Å². The number of aromatic nitrogens is 5. The third-order valence-corrected chi connectivity index (χ3v) is 10.8. The Hall–Kier alpha value is -7.09. The second-order valence-electron chi connectivity index (χ2n) is 13.2. The van der Waals surface area contributed by atoms with Crippen molar-refractivity contribution in [3.8, 4) is 67.1 Å². The number of furan rings is 1. The molecule has 7 heteroatoms. The van der Waals surface area contributed by atoms with Gasteiger partial charge in [0.25, 0.3) is 0 Å². The number of nitrogens with zero attached hydrogens (tertiary/aromatic N) is 5. The van der Waals surface area contributed by atoms with E-state index in [1.807, 2.05) is 54.7 Å². The summed E-state index contributed by atoms with van der Waals surface area (Å²) < 4.78 is 6.47. The zero-order valence-corrected chi connectivity index (χ0v) is 30.3. The third-order valence-electron chi connectivity index (χ3n) is 9.91. The number of para-hydroxylation sites is 1. The van der Waals surface area contributed by atoms with Crippen molar-refractivity contribution >= 4 is 33.0 Å². The van der Waals surface area contributed by atoms with Crippen molar-refractivity contribution in [2.45, 2.75) is 6.42 Å². The van der Waals surface area contributed by atoms with Crippen molar-refractivity contribution in [1.82, 2.24) is 24.9 Å². The molecule has 0 spiro atoms. The minimum absolute atomic E-state index is 0.491. The second-order valence-corrected chi connectivity index (χ2v) is 14.1. The van der Waals surface area contributed by atoms with E-state index in [9.17, 15) is 0 Å². The lowest BCUT2D eigenvalue weighted by Gasteiger charge is -2.26. The van der Waals surface area contributed by atoms with E-state index in [4.69, 9.17) is 29.3 Å². The van der Waals surface area contributed by atoms with E-state index >= 15 is 0 Å². The molecule has 260 valence electrons. The summed E-state index contributed by atoms with van der Waals surface area (Å²) in [5, 5.41) is 5.08. The summed E-state index contributed by atoms with van der Waals surface area (Å²) in [6, 6.07) is 49.8. The Morgan fingerprint density at radius 2 is 1.29 bits per heavy atom. The zero-order valence-electron chi connectivity index (χ0n) is 29.5. The van der Waals surface area contributed by atoms with Gasteiger partial charge in [0, 0.05) is 56.3 Å². The molecule has 6 aromatic heterocycles. The second kappa shape index (κ2) is 14.0. The number of hydrogen-bond acceptors (Lipinski definition) is 7. The summed E-state index contributed by atoms with van der Waals surface area (Å²) in [6.45, 7) is 0. The van der Waals surface area contributed by atoms with Crippen molar-refractivity contribution in [3.63, 3.8) is 0 Å². The minimum Gasteiger partial charge on any atom is -0.464 e. The van der Waals surface area contributed by atoms with Gasteiger partial charge in [-0.25, -0.2) is 19.9 Å². The van der Waals surface area contributed by atoms with Gasteiger partial charge in [-0.2, -0.15) is 0 Å². The fraction of sp³-hybridized carbons (Fsp3) is 0.0208. The molecule has 0 aliphatic heterocycles. The Kier molecular flexibility index (Phi) is 8.31. The van der Waals surface area contributed by atoms with Gasteiger partial charge in [0.05, 0.1) is 28.9 Å². The van der Waals surface area contributed by atoms with Crippen LogP contribution in [0.1, 0.15) is 11.1 Å². The van der Waals surface area contributed by atoms with E-state index in [1.165, 1.54) is 11.1 Å². The third kappa shape index (κ3) is 5.87. The molecular formula is C48H31N5OS. The molecule has 4 aromatic carbocycles. The molecule has 0 N–H and O–H groups in total. The molecule has 10 aromatic rings. The average molecular weight is 726 g/mol. The molecule has 0 bridgehead atoms. The Morgan fingerprint density at radius 1 is 0.509 bits per heavy atom. The molecule has 6 heterocycles. The van der Waals surface area contributed by atoms with E-state index in [2.05, 4.69) is 102 Å². The van der Waals surface area contributed by atoms with Gasteiger partial charge in [0.15, 0.2) is 5.82 Å². The highest BCUT2D eigenvalue weighted by Crippen LogP contribution is 2.54. The maximum absolute atomic E-state index is 6.47. The van der Waals surface area contributed by atoms with E-state index in [0.717, 1.165) is 77.2 Å². The molecule has 0 aliphatic rings. The number of pyridine rings is 3. The summed E-state index contributed by atoms with van der Waals surface area (Å²) in [7, 11) is 0. The fourth-order valence-corrected chi connectivity index (χ4v) is 8.42. The quantitative estimate of drug-likeness (QED) is 0.155. The van der Waals surface area contributed by atoms with Gasteiger partial charge in [-0.05, 0) is 82.6 Å². The fourth-order valence-electron chi connectivity index (χ4n) is 7.62. The highest BCUT2D eigenvalue weighted by Gasteiger charge is 2.32. The van der Waals surface area contributed by atoms with E-state index in [1.54, 1.807) is 30.0 Å². The van der Waals surface area contributed by atoms with Crippen LogP contribution >= 0.6 is 11.3 Å². The van der Waals surface area contributed by atoms with Gasteiger partial charge in [-0.3, -0.25) is 4.98 Å². The first-order chi connectivity index (χ1) is 27.3. The first-order valence-electron chi connectivity index (χ1n) is 18.1. The number of rotatable bonds is 8. The standard InChI is InChI=1S/C48H31N5OS/c1-3-14-31(15-4-1)30-34-40(33-17-5-2-6-18-33)45-44(43(38-21-11-28-54-38)41(34)39-22-12-29-55-39)42(36-20-9-10-25-49-36)47(48-50-26-13-27-51-48)53-46(45)37-24-23-32-16-7-8-19-35(32)52-37/h1-29H,30H2. The largest absolute Gasteiger partial charge is 0.464 e. The SMILES string of the molecule is c1ccc(Cc2c(-c3cccs3)c(-c3ccco3)c3c(-c4ccccn4)c(-c4ncccn4)nc(-c4ccc5ccccc5n4)c3c2-c2ccccc2)cc1. The molecule has 0 saturated heterocycles. The number of benzene rings is 4. The van der Waals surface area contributed by atoms with Crippen LogP contribution in [0.15, 0.2) is 180 Å². The highest BCUT2D eigenvalue weighted by molar-refractivity contribution is 7.13. The Morgan fingerprint density at radius 3 is 2.05 bits per heavy atom. The highest BCUT2D eigenvalue weighted by atomic mass is 32.1. The predicted molar refractivity (Wildman–Crippen MR) is 222 cm³/mol. The zero-order chi connectivity index (χ0) is 36.6. The molecule has 0 radical (unpaired) electrons. The topological polar surface area (TPSA) is 77.6 Å². The van der Waals surface area contributed by atoms with Crippen molar-refractivity contribution in [1.29, 1.82) is 0 Å². The molecule has 0 aliphatic carbocycles. The maximum atomic E-state index is 6.47. The number of hydrogen-bond donors (Lipinski definition) is 0. The molecule has 0 saturated carbocycles. The van der Waals surface area contributed by atoms with Gasteiger partial charge in [-0.15, -0.1) is 11.3 Å². The minimum atomic E-state index is 0.491. The molecule has 0 atom stereocenters. The molecular weight excluding hydrogens is 695 g/mol. The predicted octanol–water partition coefficient (Wildman–Crippen LogP) is 12.2. The summed E-state index contributed by atoms with van der Waals surface area (Å²) in [4.78, 5) is 26.7. The van der Waals surface area contributed by atoms with Crippen LogP contribution in [0.4, 0.5) is 0 Å². The van der Waals surface area contributed by atoms with E-state index in [-0.39, 0.29) is 0 Å². The molecule has 55 heavy (non-hydrogen) atoms. The van der Waals surface area contributed by atoms with Crippen LogP contribution in [0.2, 0.25) is 0 Å². The Labute approximate surface area is 321 Å². The molecule has 0 fully saturated rings. The normalized spacial score (nSPS) is 11.3. The first-order valence-corrected chi connectivity index (χ1v) is 19.0. The lowest BCUT2D eigenvalue weighted by atomic mass is 9.79. The molecule has 0 unspecified atom stereocenters. The molecule has 6 nitrogen and oxygen atoms in total. The van der Waals surface area contributed by atoms with Crippen LogP contribution in [-0.4, -0.2) is 24.9 Å². The van der Waals surface area contributed by atoms with Crippen molar-refractivity contribution in [2.24, 2.45) is 0 Å². The first kappa shape index (κ1) is 32.6. The monoisotopic (exact) mass is 725 g/mol. The van der Waals surface area contributed by atoms with E-state index in [0.29, 0.717) is 17.9 Å². The summed E-state index contributed by atoms with van der Waals surface area (Å²) in [5.74, 6) is 1.23. The van der Waals surface area contributed by atoms with E-state index < -0.39 is 0 Å². The van der Waals surface area contributed by atoms with Crippen molar-refractivity contribution < 1.29 is 4.42 Å². The summed E-state index contributed by atoms with van der Waals surface area (Å²) >= 11 is 1.72. The maximum Gasteiger partial charge on any atom is 0.178 e. The van der Waals surface area contributed by atoms with Crippen LogP contribution in [0.25, 0.3) is 88.7 Å². The average Bonchev–Trinajstić information content (AvgIpc) is 4.00. The van der Waals surface area contributed by atoms with Crippen molar-refractivity contribution in [2.75, 3.05) is 0 Å². The van der Waals surface area contributed by atoms with Gasteiger partial charge in [-0.1, -0.05) is 97.1 Å². The van der Waals surface area contributed by atoms with Crippen LogP contribution < -0.4 is 0 Å². The van der Waals surface area contributed by atoms with Crippen LogP contribution in [0, 0.1) is 0 Å². The summed E-state index contributed by atoms with van der Waals surface area (Å²) in [5.41, 5.74) is 11.1. The Balaban J connectivity index is 1.52. The lowest BCUT2D eigenvalue weighted by molar-refractivity contribution is 0.583. The van der Waals surface area contributed by atoms with Gasteiger partial charge < -0.3 is 4.42 Å². The number of fused-ring (bicyclic) bond motifs is 2. The van der Waals surface area contributed by atoms with Gasteiger partial charge >= 0.3 is 0 Å². The molecule has 0 amide bonds. The smallest absolute Gasteiger partial charge is 0.178 e. The van der Waals surface area contributed by atoms with Crippen LogP contribution in [0.3, 0.4) is 0 Å². The van der Waals surface area contributed by atoms with Crippen molar-refractivity contribution in [3.05, 3.63) is 187 Å². The molecule has 10 rings (SSSR count). The van der Waals surface area contributed by atoms with Gasteiger partial charge in [0.1, 0.15) is 11.5 Å². The van der Waals surface area contributed by atoms with Crippen LogP contribution in [0.5, 0.6) is 0 Å².